The Bertz CT molecular complexity index is 800. The molecule has 22 heavy (non-hydrogen) atoms. The number of aromatic nitrogens is 3. The van der Waals surface area contributed by atoms with Gasteiger partial charge in [-0.1, -0.05) is 0 Å². The van der Waals surface area contributed by atoms with Gasteiger partial charge in [0.25, 0.3) is 11.8 Å². The summed E-state index contributed by atoms with van der Waals surface area (Å²) in [4.78, 5) is 43.1. The molecule has 4 heterocycles. The molecule has 9 nitrogen and oxygen atoms in total. The Labute approximate surface area is 124 Å². The summed E-state index contributed by atoms with van der Waals surface area (Å²) in [6.45, 7) is 0.890. The van der Waals surface area contributed by atoms with Crippen molar-refractivity contribution in [2.75, 3.05) is 19.6 Å². The molecule has 1 unspecified atom stereocenters. The number of rotatable bonds is 1. The van der Waals surface area contributed by atoms with Gasteiger partial charge in [-0.3, -0.25) is 14.9 Å². The molecule has 4 amide bonds. The SMILES string of the molecule is O=C1NC(=O)N2CCN(C(=O)c3cnn4cccnc34)CC12. The summed E-state index contributed by atoms with van der Waals surface area (Å²) in [5.74, 6) is -0.596. The van der Waals surface area contributed by atoms with Crippen LogP contribution in [0.1, 0.15) is 10.4 Å². The van der Waals surface area contributed by atoms with Crippen LogP contribution in [0.4, 0.5) is 4.79 Å². The Morgan fingerprint density at radius 3 is 3.05 bits per heavy atom. The van der Waals surface area contributed by atoms with Gasteiger partial charge in [0.15, 0.2) is 5.65 Å². The van der Waals surface area contributed by atoms with E-state index in [0.717, 1.165) is 0 Å². The number of hydrogen-bond donors (Lipinski definition) is 1. The fourth-order valence-corrected chi connectivity index (χ4v) is 2.84. The first-order valence-electron chi connectivity index (χ1n) is 6.84. The van der Waals surface area contributed by atoms with Crippen LogP contribution in [-0.2, 0) is 4.79 Å². The Hall–Kier alpha value is -2.97. The number of hydrogen-bond acceptors (Lipinski definition) is 5. The second-order valence-electron chi connectivity index (χ2n) is 5.20. The third-order valence-electron chi connectivity index (χ3n) is 3.97. The number of carbonyl (C=O) groups excluding carboxylic acids is 3. The van der Waals surface area contributed by atoms with Crippen LogP contribution >= 0.6 is 0 Å². The van der Waals surface area contributed by atoms with E-state index in [0.29, 0.717) is 24.3 Å². The van der Waals surface area contributed by atoms with Crippen molar-refractivity contribution in [3.63, 3.8) is 0 Å². The number of carbonyl (C=O) groups is 3. The lowest BCUT2D eigenvalue weighted by atomic mass is 10.1. The lowest BCUT2D eigenvalue weighted by Crippen LogP contribution is -2.54. The summed E-state index contributed by atoms with van der Waals surface area (Å²) < 4.78 is 1.52. The number of imide groups is 1. The van der Waals surface area contributed by atoms with Crippen molar-refractivity contribution in [2.45, 2.75) is 6.04 Å². The number of amides is 4. The molecule has 2 aliphatic rings. The van der Waals surface area contributed by atoms with Crippen LogP contribution in [0.15, 0.2) is 24.7 Å². The Kier molecular flexibility index (Phi) is 2.62. The van der Waals surface area contributed by atoms with Gasteiger partial charge >= 0.3 is 6.03 Å². The number of nitrogens with one attached hydrogen (secondary N) is 1. The third-order valence-corrected chi connectivity index (χ3v) is 3.97. The maximum Gasteiger partial charge on any atom is 0.324 e. The van der Waals surface area contributed by atoms with Crippen molar-refractivity contribution < 1.29 is 14.4 Å². The summed E-state index contributed by atoms with van der Waals surface area (Å²) in [5.41, 5.74) is 0.862. The van der Waals surface area contributed by atoms with E-state index in [4.69, 9.17) is 0 Å². The molecule has 2 aromatic heterocycles. The quantitative estimate of drug-likeness (QED) is 0.688. The Balaban J connectivity index is 1.61. The minimum Gasteiger partial charge on any atom is -0.334 e. The summed E-state index contributed by atoms with van der Waals surface area (Å²) in [6.07, 6.45) is 4.77. The highest BCUT2D eigenvalue weighted by Crippen LogP contribution is 2.18. The van der Waals surface area contributed by atoms with Crippen LogP contribution in [0.25, 0.3) is 5.65 Å². The zero-order valence-electron chi connectivity index (χ0n) is 11.5. The smallest absolute Gasteiger partial charge is 0.324 e. The van der Waals surface area contributed by atoms with Crippen LogP contribution in [0.2, 0.25) is 0 Å². The monoisotopic (exact) mass is 300 g/mol. The molecule has 2 aromatic rings. The molecule has 112 valence electrons. The first-order chi connectivity index (χ1) is 10.6. The highest BCUT2D eigenvalue weighted by atomic mass is 16.2. The first kappa shape index (κ1) is 12.7. The third kappa shape index (κ3) is 1.75. The van der Waals surface area contributed by atoms with E-state index in [1.54, 1.807) is 23.4 Å². The lowest BCUT2D eigenvalue weighted by molar-refractivity contribution is -0.122. The number of nitrogens with zero attached hydrogens (tertiary/aromatic N) is 5. The molecular formula is C13H12N6O3. The molecule has 0 radical (unpaired) electrons. The van der Waals surface area contributed by atoms with Gasteiger partial charge in [-0.05, 0) is 6.07 Å². The Morgan fingerprint density at radius 2 is 2.18 bits per heavy atom. The number of piperazine rings is 1. The summed E-state index contributed by atoms with van der Waals surface area (Å²) >= 11 is 0. The normalized spacial score (nSPS) is 21.2. The minimum absolute atomic E-state index is 0.181. The second-order valence-corrected chi connectivity index (χ2v) is 5.20. The summed E-state index contributed by atoms with van der Waals surface area (Å²) in [5, 5.41) is 6.35. The zero-order chi connectivity index (χ0) is 15.3. The fraction of sp³-hybridized carbons (Fsp3) is 0.308. The second kappa shape index (κ2) is 4.52. The van der Waals surface area contributed by atoms with E-state index < -0.39 is 6.04 Å². The van der Waals surface area contributed by atoms with Crippen LogP contribution in [0.5, 0.6) is 0 Å². The van der Waals surface area contributed by atoms with E-state index in [9.17, 15) is 14.4 Å². The zero-order valence-corrected chi connectivity index (χ0v) is 11.5. The maximum atomic E-state index is 12.6. The molecule has 2 fully saturated rings. The highest BCUT2D eigenvalue weighted by molar-refractivity contribution is 6.05. The van der Waals surface area contributed by atoms with E-state index >= 15 is 0 Å². The summed E-state index contributed by atoms with van der Waals surface area (Å²) in [7, 11) is 0. The molecule has 0 saturated carbocycles. The van der Waals surface area contributed by atoms with Crippen molar-refractivity contribution in [3.8, 4) is 0 Å². The molecule has 9 heteroatoms. The standard InChI is InChI=1S/C13H12N6O3/c20-11-9-7-17(4-5-18(9)13(22)16-11)12(21)8-6-15-19-3-1-2-14-10(8)19/h1-3,6,9H,4-5,7H2,(H,16,20,22). The average Bonchev–Trinajstić information content (AvgIpc) is 3.08. The van der Waals surface area contributed by atoms with Crippen LogP contribution in [-0.4, -0.2) is 67.9 Å². The largest absolute Gasteiger partial charge is 0.334 e. The van der Waals surface area contributed by atoms with Gasteiger partial charge in [0, 0.05) is 25.5 Å². The Morgan fingerprint density at radius 1 is 1.32 bits per heavy atom. The molecule has 1 atom stereocenters. The van der Waals surface area contributed by atoms with E-state index in [-0.39, 0.29) is 24.4 Å². The molecule has 0 aromatic carbocycles. The van der Waals surface area contributed by atoms with Crippen LogP contribution in [0, 0.1) is 0 Å². The van der Waals surface area contributed by atoms with Gasteiger partial charge in [0.2, 0.25) is 0 Å². The molecule has 2 aliphatic heterocycles. The molecule has 4 rings (SSSR count). The van der Waals surface area contributed by atoms with Crippen LogP contribution in [0.3, 0.4) is 0 Å². The van der Waals surface area contributed by atoms with Gasteiger partial charge in [0.1, 0.15) is 11.6 Å². The van der Waals surface area contributed by atoms with Crippen molar-refractivity contribution in [2.24, 2.45) is 0 Å². The lowest BCUT2D eigenvalue weighted by Gasteiger charge is -2.35. The molecule has 0 aliphatic carbocycles. The molecular weight excluding hydrogens is 288 g/mol. The van der Waals surface area contributed by atoms with Crippen molar-refractivity contribution >= 4 is 23.5 Å². The molecule has 0 bridgehead atoms. The van der Waals surface area contributed by atoms with Gasteiger partial charge in [0.05, 0.1) is 12.7 Å². The highest BCUT2D eigenvalue weighted by Gasteiger charge is 2.43. The van der Waals surface area contributed by atoms with E-state index in [1.165, 1.54) is 15.6 Å². The number of fused-ring (bicyclic) bond motifs is 2. The van der Waals surface area contributed by atoms with Gasteiger partial charge in [-0.25, -0.2) is 14.3 Å². The van der Waals surface area contributed by atoms with Crippen molar-refractivity contribution in [3.05, 3.63) is 30.2 Å². The van der Waals surface area contributed by atoms with Crippen molar-refractivity contribution in [1.82, 2.24) is 29.7 Å². The molecule has 2 saturated heterocycles. The van der Waals surface area contributed by atoms with Crippen LogP contribution < -0.4 is 5.32 Å². The summed E-state index contributed by atoms with van der Waals surface area (Å²) in [6, 6.07) is 0.723. The van der Waals surface area contributed by atoms with Crippen molar-refractivity contribution in [1.29, 1.82) is 0 Å². The van der Waals surface area contributed by atoms with Gasteiger partial charge < -0.3 is 9.80 Å². The van der Waals surface area contributed by atoms with E-state index in [2.05, 4.69) is 15.4 Å². The topological polar surface area (TPSA) is 99.9 Å². The van der Waals surface area contributed by atoms with Gasteiger partial charge in [-0.2, -0.15) is 5.10 Å². The predicted octanol–water partition coefficient (Wildman–Crippen LogP) is -0.894. The molecule has 0 spiro atoms. The predicted molar refractivity (Wildman–Crippen MR) is 72.9 cm³/mol. The minimum atomic E-state index is -0.611. The van der Waals surface area contributed by atoms with E-state index in [1.807, 2.05) is 0 Å². The maximum absolute atomic E-state index is 12.6. The number of urea groups is 1. The average molecular weight is 300 g/mol. The molecule has 1 N–H and O–H groups in total. The first-order valence-corrected chi connectivity index (χ1v) is 6.84. The van der Waals surface area contributed by atoms with Gasteiger partial charge in [-0.15, -0.1) is 0 Å². The fourth-order valence-electron chi connectivity index (χ4n) is 2.84.